The number of rotatable bonds is 6. The van der Waals surface area contributed by atoms with Crippen molar-refractivity contribution in [2.45, 2.75) is 25.8 Å². The second-order valence-corrected chi connectivity index (χ2v) is 5.27. The lowest BCUT2D eigenvalue weighted by atomic mass is 10.2. The molecule has 1 atom stereocenters. The van der Waals surface area contributed by atoms with Crippen molar-refractivity contribution in [3.05, 3.63) is 0 Å². The molecule has 0 aromatic rings. The SMILES string of the molecule is CC[C@H](N)C(=O)N(C)CCCN1CCN(C)CC1. The van der Waals surface area contributed by atoms with E-state index in [1.165, 1.54) is 0 Å². The molecule has 1 aliphatic heterocycles. The van der Waals surface area contributed by atoms with Gasteiger partial charge in [0.15, 0.2) is 0 Å². The summed E-state index contributed by atoms with van der Waals surface area (Å²) in [4.78, 5) is 18.4. The molecule has 2 N–H and O–H groups in total. The number of piperazine rings is 1. The highest BCUT2D eigenvalue weighted by atomic mass is 16.2. The minimum absolute atomic E-state index is 0.0656. The van der Waals surface area contributed by atoms with Crippen LogP contribution in [0.3, 0.4) is 0 Å². The van der Waals surface area contributed by atoms with Gasteiger partial charge in [-0.25, -0.2) is 0 Å². The Morgan fingerprint density at radius 3 is 2.50 bits per heavy atom. The molecule has 0 aromatic heterocycles. The van der Waals surface area contributed by atoms with E-state index in [9.17, 15) is 4.79 Å². The standard InChI is InChI=1S/C13H28N4O/c1-4-12(14)13(18)16(3)6-5-7-17-10-8-15(2)9-11-17/h12H,4-11,14H2,1-3H3/t12-/m0/s1. The Morgan fingerprint density at radius 1 is 1.33 bits per heavy atom. The first kappa shape index (κ1) is 15.4. The van der Waals surface area contributed by atoms with Crippen molar-refractivity contribution in [3.8, 4) is 0 Å². The fraction of sp³-hybridized carbons (Fsp3) is 0.923. The normalized spacial score (nSPS) is 19.8. The van der Waals surface area contributed by atoms with Gasteiger partial charge in [0.05, 0.1) is 6.04 Å². The number of carbonyl (C=O) groups excluding carboxylic acids is 1. The van der Waals surface area contributed by atoms with Gasteiger partial charge < -0.3 is 20.4 Å². The molecule has 1 fully saturated rings. The van der Waals surface area contributed by atoms with Crippen LogP contribution < -0.4 is 5.73 Å². The highest BCUT2D eigenvalue weighted by Gasteiger charge is 2.17. The van der Waals surface area contributed by atoms with Crippen molar-refractivity contribution in [1.82, 2.24) is 14.7 Å². The van der Waals surface area contributed by atoms with Crippen LogP contribution in [0.2, 0.25) is 0 Å². The summed E-state index contributed by atoms with van der Waals surface area (Å²) in [5.74, 6) is 0.0656. The van der Waals surface area contributed by atoms with E-state index in [0.29, 0.717) is 6.42 Å². The van der Waals surface area contributed by atoms with Gasteiger partial charge in [-0.05, 0) is 26.4 Å². The molecular formula is C13H28N4O. The van der Waals surface area contributed by atoms with Gasteiger partial charge in [-0.2, -0.15) is 0 Å². The van der Waals surface area contributed by atoms with Gasteiger partial charge >= 0.3 is 0 Å². The fourth-order valence-electron chi connectivity index (χ4n) is 2.17. The zero-order valence-electron chi connectivity index (χ0n) is 12.1. The molecule has 0 aromatic carbocycles. The molecule has 5 heteroatoms. The summed E-state index contributed by atoms with van der Waals surface area (Å²) in [7, 11) is 4.01. The number of nitrogens with zero attached hydrogens (tertiary/aromatic N) is 3. The van der Waals surface area contributed by atoms with Gasteiger partial charge in [-0.1, -0.05) is 6.92 Å². The number of amides is 1. The Balaban J connectivity index is 2.15. The van der Waals surface area contributed by atoms with E-state index in [2.05, 4.69) is 16.8 Å². The molecule has 5 nitrogen and oxygen atoms in total. The van der Waals surface area contributed by atoms with E-state index in [-0.39, 0.29) is 11.9 Å². The molecule has 0 radical (unpaired) electrons. The number of hydrogen-bond donors (Lipinski definition) is 1. The summed E-state index contributed by atoms with van der Waals surface area (Å²) in [6, 6.07) is -0.335. The first-order valence-corrected chi connectivity index (χ1v) is 6.96. The molecule has 1 amide bonds. The van der Waals surface area contributed by atoms with Crippen molar-refractivity contribution >= 4 is 5.91 Å². The van der Waals surface area contributed by atoms with Crippen LogP contribution in [0.25, 0.3) is 0 Å². The Kier molecular flexibility index (Phi) is 6.60. The average Bonchev–Trinajstić information content (AvgIpc) is 2.39. The molecule has 0 aliphatic carbocycles. The molecule has 1 heterocycles. The van der Waals surface area contributed by atoms with E-state index in [1.807, 2.05) is 14.0 Å². The second-order valence-electron chi connectivity index (χ2n) is 5.27. The molecular weight excluding hydrogens is 228 g/mol. The molecule has 0 unspecified atom stereocenters. The molecule has 0 spiro atoms. The quantitative estimate of drug-likeness (QED) is 0.716. The van der Waals surface area contributed by atoms with Crippen LogP contribution in [0.15, 0.2) is 0 Å². The first-order chi connectivity index (χ1) is 8.54. The van der Waals surface area contributed by atoms with Crippen molar-refractivity contribution in [2.24, 2.45) is 5.73 Å². The average molecular weight is 256 g/mol. The van der Waals surface area contributed by atoms with Gasteiger partial charge in [0.1, 0.15) is 0 Å². The highest BCUT2D eigenvalue weighted by molar-refractivity contribution is 5.81. The van der Waals surface area contributed by atoms with Crippen LogP contribution in [0.5, 0.6) is 0 Å². The summed E-state index contributed by atoms with van der Waals surface area (Å²) in [6.45, 7) is 8.41. The number of hydrogen-bond acceptors (Lipinski definition) is 4. The second kappa shape index (κ2) is 7.71. The highest BCUT2D eigenvalue weighted by Crippen LogP contribution is 2.01. The predicted molar refractivity (Wildman–Crippen MR) is 74.5 cm³/mol. The summed E-state index contributed by atoms with van der Waals surface area (Å²) in [6.07, 6.45) is 1.74. The van der Waals surface area contributed by atoms with E-state index >= 15 is 0 Å². The zero-order chi connectivity index (χ0) is 13.5. The van der Waals surface area contributed by atoms with Crippen LogP contribution in [0, 0.1) is 0 Å². The van der Waals surface area contributed by atoms with Gasteiger partial charge in [-0.15, -0.1) is 0 Å². The Hall–Kier alpha value is -0.650. The third-order valence-electron chi connectivity index (χ3n) is 3.70. The Labute approximate surface area is 111 Å². The van der Waals surface area contributed by atoms with Crippen LogP contribution in [-0.2, 0) is 4.79 Å². The minimum atomic E-state index is -0.335. The van der Waals surface area contributed by atoms with Crippen LogP contribution in [0.1, 0.15) is 19.8 Å². The third-order valence-corrected chi connectivity index (χ3v) is 3.70. The van der Waals surface area contributed by atoms with Gasteiger partial charge in [-0.3, -0.25) is 4.79 Å². The first-order valence-electron chi connectivity index (χ1n) is 6.96. The van der Waals surface area contributed by atoms with Gasteiger partial charge in [0.25, 0.3) is 0 Å². The van der Waals surface area contributed by atoms with Crippen LogP contribution in [0.4, 0.5) is 0 Å². The maximum atomic E-state index is 11.8. The van der Waals surface area contributed by atoms with Crippen LogP contribution in [-0.4, -0.2) is 80.0 Å². The molecule has 0 saturated carbocycles. The number of carbonyl (C=O) groups is 1. The maximum absolute atomic E-state index is 11.8. The number of likely N-dealkylation sites (N-methyl/N-ethyl adjacent to an activating group) is 2. The largest absolute Gasteiger partial charge is 0.344 e. The summed E-state index contributed by atoms with van der Waals surface area (Å²) >= 11 is 0. The van der Waals surface area contributed by atoms with Crippen molar-refractivity contribution in [3.63, 3.8) is 0 Å². The van der Waals surface area contributed by atoms with Crippen molar-refractivity contribution in [2.75, 3.05) is 53.4 Å². The molecule has 1 aliphatic rings. The smallest absolute Gasteiger partial charge is 0.239 e. The summed E-state index contributed by atoms with van der Waals surface area (Å²) < 4.78 is 0. The lowest BCUT2D eigenvalue weighted by molar-refractivity contribution is -0.131. The minimum Gasteiger partial charge on any atom is -0.344 e. The predicted octanol–water partition coefficient (Wildman–Crippen LogP) is -0.180. The molecule has 1 rings (SSSR count). The Bertz CT molecular complexity index is 251. The maximum Gasteiger partial charge on any atom is 0.239 e. The van der Waals surface area contributed by atoms with Crippen molar-refractivity contribution < 1.29 is 4.79 Å². The molecule has 0 bridgehead atoms. The van der Waals surface area contributed by atoms with E-state index in [4.69, 9.17) is 5.73 Å². The lowest BCUT2D eigenvalue weighted by Gasteiger charge is -2.32. The molecule has 106 valence electrons. The summed E-state index contributed by atoms with van der Waals surface area (Å²) in [5.41, 5.74) is 5.74. The van der Waals surface area contributed by atoms with E-state index in [0.717, 1.165) is 45.7 Å². The topological polar surface area (TPSA) is 52.8 Å². The van der Waals surface area contributed by atoms with E-state index < -0.39 is 0 Å². The van der Waals surface area contributed by atoms with Crippen LogP contribution >= 0.6 is 0 Å². The molecule has 1 saturated heterocycles. The lowest BCUT2D eigenvalue weighted by Crippen LogP contribution is -2.46. The monoisotopic (exact) mass is 256 g/mol. The summed E-state index contributed by atoms with van der Waals surface area (Å²) in [5, 5.41) is 0. The van der Waals surface area contributed by atoms with Gasteiger partial charge in [0, 0.05) is 39.8 Å². The number of nitrogens with two attached hydrogens (primary N) is 1. The Morgan fingerprint density at radius 2 is 1.94 bits per heavy atom. The van der Waals surface area contributed by atoms with Gasteiger partial charge in [0.2, 0.25) is 5.91 Å². The van der Waals surface area contributed by atoms with Crippen molar-refractivity contribution in [1.29, 1.82) is 0 Å². The van der Waals surface area contributed by atoms with E-state index in [1.54, 1.807) is 4.90 Å². The zero-order valence-corrected chi connectivity index (χ0v) is 12.1. The third kappa shape index (κ3) is 4.92. The fourth-order valence-corrected chi connectivity index (χ4v) is 2.17. The molecule has 18 heavy (non-hydrogen) atoms.